The first-order chi connectivity index (χ1) is 16.4. The Bertz CT molecular complexity index is 1460. The van der Waals surface area contributed by atoms with Crippen molar-refractivity contribution in [2.45, 2.75) is 13.0 Å². The van der Waals surface area contributed by atoms with Crippen LogP contribution in [-0.2, 0) is 9.59 Å². The van der Waals surface area contributed by atoms with E-state index in [2.05, 4.69) is 4.98 Å². The Morgan fingerprint density at radius 2 is 1.76 bits per heavy atom. The second-order valence-corrected chi connectivity index (χ2v) is 8.93. The number of aliphatic hydroxyl groups excluding tert-OH is 1. The lowest BCUT2D eigenvalue weighted by Crippen LogP contribution is -2.29. The predicted molar refractivity (Wildman–Crippen MR) is 129 cm³/mol. The van der Waals surface area contributed by atoms with Gasteiger partial charge in [0.05, 0.1) is 28.9 Å². The summed E-state index contributed by atoms with van der Waals surface area (Å²) in [4.78, 5) is 32.4. The summed E-state index contributed by atoms with van der Waals surface area (Å²) in [6.07, 6.45) is 0. The fourth-order valence-corrected chi connectivity index (χ4v) is 5.00. The Morgan fingerprint density at radius 3 is 2.44 bits per heavy atom. The first-order valence-electron chi connectivity index (χ1n) is 10.5. The van der Waals surface area contributed by atoms with Crippen LogP contribution in [0.25, 0.3) is 16.0 Å². The lowest BCUT2D eigenvalue weighted by molar-refractivity contribution is -0.132. The molecule has 170 valence electrons. The maximum atomic E-state index is 13.4. The van der Waals surface area contributed by atoms with Crippen LogP contribution in [0.3, 0.4) is 0 Å². The van der Waals surface area contributed by atoms with Gasteiger partial charge in [0.15, 0.2) is 5.13 Å². The normalized spacial score (nSPS) is 17.5. The van der Waals surface area contributed by atoms with E-state index < -0.39 is 23.5 Å². The number of hydrogen-bond acceptors (Lipinski definition) is 6. The summed E-state index contributed by atoms with van der Waals surface area (Å²) in [5, 5.41) is 11.4. The fourth-order valence-electron chi connectivity index (χ4n) is 3.98. The van der Waals surface area contributed by atoms with Crippen molar-refractivity contribution in [2.75, 3.05) is 12.0 Å². The van der Waals surface area contributed by atoms with Gasteiger partial charge in [-0.25, -0.2) is 9.37 Å². The van der Waals surface area contributed by atoms with E-state index in [9.17, 15) is 19.1 Å². The van der Waals surface area contributed by atoms with Crippen LogP contribution in [0.1, 0.15) is 22.7 Å². The lowest BCUT2D eigenvalue weighted by Gasteiger charge is -2.23. The number of ketones is 1. The van der Waals surface area contributed by atoms with Gasteiger partial charge in [0.1, 0.15) is 17.3 Å². The Labute approximate surface area is 198 Å². The van der Waals surface area contributed by atoms with Gasteiger partial charge in [0, 0.05) is 5.56 Å². The molecule has 2 heterocycles. The molecule has 1 fully saturated rings. The number of thiazole rings is 1. The molecule has 1 atom stereocenters. The predicted octanol–water partition coefficient (Wildman–Crippen LogP) is 5.38. The van der Waals surface area contributed by atoms with E-state index in [1.54, 1.807) is 19.2 Å². The maximum absolute atomic E-state index is 13.4. The van der Waals surface area contributed by atoms with Gasteiger partial charge < -0.3 is 9.84 Å². The second-order valence-electron chi connectivity index (χ2n) is 7.92. The number of anilines is 1. The summed E-state index contributed by atoms with van der Waals surface area (Å²) in [5.41, 5.74) is 2.48. The summed E-state index contributed by atoms with van der Waals surface area (Å²) in [7, 11) is 1.56. The summed E-state index contributed by atoms with van der Waals surface area (Å²) in [6.45, 7) is 1.93. The molecule has 1 aliphatic heterocycles. The van der Waals surface area contributed by atoms with Gasteiger partial charge in [-0.05, 0) is 55.0 Å². The minimum Gasteiger partial charge on any atom is -0.507 e. The van der Waals surface area contributed by atoms with Crippen LogP contribution in [-0.4, -0.2) is 28.9 Å². The number of aliphatic hydroxyl groups is 1. The number of hydrogen-bond donors (Lipinski definition) is 1. The molecule has 6 nitrogen and oxygen atoms in total. The van der Waals surface area contributed by atoms with Gasteiger partial charge in [-0.1, -0.05) is 41.2 Å². The first-order valence-corrected chi connectivity index (χ1v) is 11.3. The van der Waals surface area contributed by atoms with Gasteiger partial charge >= 0.3 is 5.91 Å². The number of aromatic nitrogens is 1. The molecule has 1 aliphatic rings. The summed E-state index contributed by atoms with van der Waals surface area (Å²) in [5.74, 6) is -1.81. The number of nitrogens with zero attached hydrogens (tertiary/aromatic N) is 2. The zero-order chi connectivity index (χ0) is 24.0. The fraction of sp³-hybridized carbons (Fsp3) is 0.115. The van der Waals surface area contributed by atoms with Crippen molar-refractivity contribution in [3.05, 3.63) is 94.8 Å². The van der Waals surface area contributed by atoms with E-state index in [1.165, 1.54) is 40.5 Å². The number of rotatable bonds is 4. The molecule has 0 spiro atoms. The van der Waals surface area contributed by atoms with Crippen LogP contribution in [0.5, 0.6) is 5.75 Å². The van der Waals surface area contributed by atoms with E-state index in [1.807, 2.05) is 37.3 Å². The highest BCUT2D eigenvalue weighted by Gasteiger charge is 2.48. The number of ether oxygens (including phenoxy) is 1. The van der Waals surface area contributed by atoms with Crippen molar-refractivity contribution < 1.29 is 23.8 Å². The minimum absolute atomic E-state index is 0.0719. The zero-order valence-corrected chi connectivity index (χ0v) is 19.1. The molecule has 1 unspecified atom stereocenters. The molecule has 1 amide bonds. The van der Waals surface area contributed by atoms with Crippen LogP contribution in [0.15, 0.2) is 72.3 Å². The summed E-state index contributed by atoms with van der Waals surface area (Å²) >= 11 is 1.25. The minimum atomic E-state index is -0.895. The molecule has 0 saturated carbocycles. The van der Waals surface area contributed by atoms with Crippen LogP contribution in [0.4, 0.5) is 9.52 Å². The van der Waals surface area contributed by atoms with Crippen LogP contribution < -0.4 is 9.64 Å². The molecule has 4 aromatic rings. The molecule has 1 saturated heterocycles. The number of methoxy groups -OCH3 is 1. The highest BCUT2D eigenvalue weighted by Crippen LogP contribution is 2.44. The number of carbonyl (C=O) groups excluding carboxylic acids is 2. The Hall–Kier alpha value is -4.04. The van der Waals surface area contributed by atoms with Gasteiger partial charge in [-0.15, -0.1) is 0 Å². The molecule has 34 heavy (non-hydrogen) atoms. The van der Waals surface area contributed by atoms with Crippen molar-refractivity contribution >= 4 is 44.1 Å². The van der Waals surface area contributed by atoms with E-state index in [-0.39, 0.29) is 16.9 Å². The number of fused-ring (bicyclic) bond motifs is 1. The van der Waals surface area contributed by atoms with Crippen LogP contribution in [0.2, 0.25) is 0 Å². The Morgan fingerprint density at radius 1 is 1.06 bits per heavy atom. The van der Waals surface area contributed by atoms with Gasteiger partial charge in [0.2, 0.25) is 0 Å². The van der Waals surface area contributed by atoms with Gasteiger partial charge in [-0.2, -0.15) is 0 Å². The van der Waals surface area contributed by atoms with Crippen molar-refractivity contribution in [1.29, 1.82) is 0 Å². The van der Waals surface area contributed by atoms with E-state index >= 15 is 0 Å². The average molecular weight is 475 g/mol. The highest BCUT2D eigenvalue weighted by atomic mass is 32.1. The molecule has 1 N–H and O–H groups in total. The van der Waals surface area contributed by atoms with Gasteiger partial charge in [-0.3, -0.25) is 14.5 Å². The molecule has 1 aromatic heterocycles. The smallest absolute Gasteiger partial charge is 0.301 e. The summed E-state index contributed by atoms with van der Waals surface area (Å²) in [6, 6.07) is 17.0. The van der Waals surface area contributed by atoms with Crippen LogP contribution >= 0.6 is 11.3 Å². The molecule has 0 bridgehead atoms. The topological polar surface area (TPSA) is 79.7 Å². The average Bonchev–Trinajstić information content (AvgIpc) is 3.37. The van der Waals surface area contributed by atoms with E-state index in [0.717, 1.165) is 10.3 Å². The largest absolute Gasteiger partial charge is 0.507 e. The van der Waals surface area contributed by atoms with Gasteiger partial charge in [0.25, 0.3) is 5.78 Å². The maximum Gasteiger partial charge on any atom is 0.301 e. The zero-order valence-electron chi connectivity index (χ0n) is 18.3. The number of carbonyl (C=O) groups is 2. The molecule has 8 heteroatoms. The van der Waals surface area contributed by atoms with Crippen molar-refractivity contribution in [2.24, 2.45) is 0 Å². The standard InChI is InChI=1S/C26H19FN2O4S/c1-14-3-5-15(6-4-14)22-21(23(30)16-7-9-17(27)10-8-16)24(31)25(32)29(22)26-28-19-12-11-18(33-2)13-20(19)34-26/h3-13,22,30H,1-2H3/b23-21+. The van der Waals surface area contributed by atoms with Crippen molar-refractivity contribution in [3.63, 3.8) is 0 Å². The lowest BCUT2D eigenvalue weighted by atomic mass is 9.95. The van der Waals surface area contributed by atoms with Crippen molar-refractivity contribution in [3.8, 4) is 5.75 Å². The number of amides is 1. The van der Waals surface area contributed by atoms with E-state index in [0.29, 0.717) is 22.0 Å². The SMILES string of the molecule is COc1ccc2nc(N3C(=O)C(=O)/C(=C(/O)c4ccc(F)cc4)C3c3ccc(C)cc3)sc2c1. The van der Waals surface area contributed by atoms with Crippen molar-refractivity contribution in [1.82, 2.24) is 4.98 Å². The third-order valence-electron chi connectivity index (χ3n) is 5.75. The Kier molecular flexibility index (Phi) is 5.37. The van der Waals surface area contributed by atoms with E-state index in [4.69, 9.17) is 4.74 Å². The number of benzene rings is 3. The quantitative estimate of drug-likeness (QED) is 0.244. The second kappa shape index (κ2) is 8.39. The molecule has 0 radical (unpaired) electrons. The molecular formula is C26H19FN2O4S. The number of halogens is 1. The highest BCUT2D eigenvalue weighted by molar-refractivity contribution is 7.22. The molecular weight excluding hydrogens is 455 g/mol. The molecule has 3 aromatic carbocycles. The third-order valence-corrected chi connectivity index (χ3v) is 6.76. The third kappa shape index (κ3) is 3.62. The van der Waals surface area contributed by atoms with Crippen LogP contribution in [0, 0.1) is 12.7 Å². The first kappa shape index (κ1) is 21.8. The number of aryl methyl sites for hydroxylation is 1. The number of Topliss-reactive ketones (excluding diaryl/α,β-unsaturated/α-hetero) is 1. The Balaban J connectivity index is 1.71. The molecule has 0 aliphatic carbocycles. The summed E-state index contributed by atoms with van der Waals surface area (Å²) < 4.78 is 19.5. The molecule has 5 rings (SSSR count). The monoisotopic (exact) mass is 474 g/mol.